The zero-order chi connectivity index (χ0) is 16.7. The molecule has 124 valence electrons. The fourth-order valence-corrected chi connectivity index (χ4v) is 2.11. The minimum atomic E-state index is -0.403. The molecule has 1 heterocycles. The average Bonchev–Trinajstić information content (AvgIpc) is 2.96. The maximum absolute atomic E-state index is 11.6. The Hall–Kier alpha value is -1.92. The molecule has 1 aromatic heterocycles. The van der Waals surface area contributed by atoms with E-state index in [0.29, 0.717) is 49.0 Å². The monoisotopic (exact) mass is 337 g/mol. The fourth-order valence-electron chi connectivity index (χ4n) is 1.98. The third-order valence-corrected chi connectivity index (χ3v) is 3.50. The molecular formula is C16H20ClN3O3. The van der Waals surface area contributed by atoms with Crippen molar-refractivity contribution in [2.24, 2.45) is 0 Å². The van der Waals surface area contributed by atoms with E-state index in [2.05, 4.69) is 15.5 Å². The predicted molar refractivity (Wildman–Crippen MR) is 87.0 cm³/mol. The third-order valence-electron chi connectivity index (χ3n) is 3.25. The van der Waals surface area contributed by atoms with Gasteiger partial charge in [0.2, 0.25) is 17.6 Å². The number of nitrogens with one attached hydrogen (secondary N) is 1. The first kappa shape index (κ1) is 17.4. The standard InChI is InChI=1S/C16H20ClN3O3/c1-11(21)9-10-18-14(22)3-2-4-15-19-16(20-23-15)12-5-7-13(17)8-6-12/h5-8,11,21H,2-4,9-10H2,1H3,(H,18,22). The smallest absolute Gasteiger partial charge is 0.226 e. The van der Waals surface area contributed by atoms with Gasteiger partial charge in [-0.2, -0.15) is 4.98 Å². The molecule has 1 amide bonds. The van der Waals surface area contributed by atoms with Crippen molar-refractivity contribution in [1.29, 1.82) is 0 Å². The number of rotatable bonds is 8. The summed E-state index contributed by atoms with van der Waals surface area (Å²) in [5.74, 6) is 0.980. The van der Waals surface area contributed by atoms with Crippen molar-refractivity contribution < 1.29 is 14.4 Å². The molecule has 0 saturated heterocycles. The van der Waals surface area contributed by atoms with Crippen molar-refractivity contribution in [2.45, 2.75) is 38.7 Å². The molecule has 2 N–H and O–H groups in total. The summed E-state index contributed by atoms with van der Waals surface area (Å²) in [7, 11) is 0. The molecule has 0 saturated carbocycles. The van der Waals surface area contributed by atoms with E-state index in [1.807, 2.05) is 12.1 Å². The van der Waals surface area contributed by atoms with Crippen LogP contribution in [0.1, 0.15) is 32.1 Å². The number of aryl methyl sites for hydroxylation is 1. The molecular weight excluding hydrogens is 318 g/mol. The molecule has 0 aliphatic heterocycles. The predicted octanol–water partition coefficient (Wildman–Crippen LogP) is 2.60. The Labute approximate surface area is 139 Å². The van der Waals surface area contributed by atoms with Gasteiger partial charge in [0.1, 0.15) is 0 Å². The van der Waals surface area contributed by atoms with Gasteiger partial charge >= 0.3 is 0 Å². The minimum Gasteiger partial charge on any atom is -0.393 e. The number of aliphatic hydroxyl groups excluding tert-OH is 1. The Balaban J connectivity index is 1.74. The van der Waals surface area contributed by atoms with E-state index in [4.69, 9.17) is 21.2 Å². The summed E-state index contributed by atoms with van der Waals surface area (Å²) in [4.78, 5) is 15.9. The molecule has 0 bridgehead atoms. The zero-order valence-corrected chi connectivity index (χ0v) is 13.7. The highest BCUT2D eigenvalue weighted by Gasteiger charge is 2.09. The first-order valence-electron chi connectivity index (χ1n) is 7.58. The molecule has 6 nitrogen and oxygen atoms in total. The Morgan fingerprint density at radius 2 is 2.13 bits per heavy atom. The second-order valence-electron chi connectivity index (χ2n) is 5.36. The van der Waals surface area contributed by atoms with Gasteiger partial charge in [-0.05, 0) is 44.0 Å². The largest absolute Gasteiger partial charge is 0.393 e. The van der Waals surface area contributed by atoms with Crippen LogP contribution in [0.25, 0.3) is 11.4 Å². The number of carbonyl (C=O) groups is 1. The summed E-state index contributed by atoms with van der Waals surface area (Å²) in [6, 6.07) is 7.19. The highest BCUT2D eigenvalue weighted by molar-refractivity contribution is 6.30. The van der Waals surface area contributed by atoms with Gasteiger partial charge < -0.3 is 14.9 Å². The summed E-state index contributed by atoms with van der Waals surface area (Å²) in [5, 5.41) is 16.5. The number of aromatic nitrogens is 2. The van der Waals surface area contributed by atoms with E-state index >= 15 is 0 Å². The Morgan fingerprint density at radius 1 is 1.39 bits per heavy atom. The second-order valence-corrected chi connectivity index (χ2v) is 5.80. The molecule has 0 aliphatic carbocycles. The first-order chi connectivity index (χ1) is 11.0. The summed E-state index contributed by atoms with van der Waals surface area (Å²) in [6.07, 6.45) is 1.71. The molecule has 0 radical (unpaired) electrons. The molecule has 0 spiro atoms. The number of benzene rings is 1. The van der Waals surface area contributed by atoms with Crippen LogP contribution in [0.3, 0.4) is 0 Å². The molecule has 23 heavy (non-hydrogen) atoms. The van der Waals surface area contributed by atoms with Crippen molar-refractivity contribution in [2.75, 3.05) is 6.54 Å². The van der Waals surface area contributed by atoms with Crippen molar-refractivity contribution >= 4 is 17.5 Å². The summed E-state index contributed by atoms with van der Waals surface area (Å²) in [6.45, 7) is 2.18. The number of amides is 1. The van der Waals surface area contributed by atoms with Gasteiger partial charge in [-0.25, -0.2) is 0 Å². The first-order valence-corrected chi connectivity index (χ1v) is 7.95. The third kappa shape index (κ3) is 6.00. The molecule has 1 aromatic carbocycles. The van der Waals surface area contributed by atoms with E-state index in [9.17, 15) is 4.79 Å². The lowest BCUT2D eigenvalue weighted by atomic mass is 10.2. The van der Waals surface area contributed by atoms with E-state index in [-0.39, 0.29) is 5.91 Å². The van der Waals surface area contributed by atoms with Crippen LogP contribution < -0.4 is 5.32 Å². The second kappa shape index (κ2) is 8.64. The van der Waals surface area contributed by atoms with Crippen LogP contribution in [0.2, 0.25) is 5.02 Å². The number of hydrogen-bond donors (Lipinski definition) is 2. The highest BCUT2D eigenvalue weighted by atomic mass is 35.5. The summed E-state index contributed by atoms with van der Waals surface area (Å²) >= 11 is 5.84. The minimum absolute atomic E-state index is 0.0388. The van der Waals surface area contributed by atoms with E-state index in [1.165, 1.54) is 0 Å². The average molecular weight is 338 g/mol. The van der Waals surface area contributed by atoms with E-state index in [0.717, 1.165) is 5.56 Å². The number of halogens is 1. The van der Waals surface area contributed by atoms with Gasteiger partial charge in [-0.3, -0.25) is 4.79 Å². The molecule has 1 atom stereocenters. The number of carbonyl (C=O) groups excluding carboxylic acids is 1. The molecule has 2 aromatic rings. The highest BCUT2D eigenvalue weighted by Crippen LogP contribution is 2.19. The van der Waals surface area contributed by atoms with Crippen LogP contribution in [0.5, 0.6) is 0 Å². The normalized spacial score (nSPS) is 12.1. The summed E-state index contributed by atoms with van der Waals surface area (Å²) in [5.41, 5.74) is 0.834. The van der Waals surface area contributed by atoms with E-state index in [1.54, 1.807) is 19.1 Å². The van der Waals surface area contributed by atoms with Crippen molar-refractivity contribution in [1.82, 2.24) is 15.5 Å². The number of aliphatic hydroxyl groups is 1. The van der Waals surface area contributed by atoms with Gasteiger partial charge in [0.15, 0.2) is 0 Å². The Morgan fingerprint density at radius 3 is 2.83 bits per heavy atom. The lowest BCUT2D eigenvalue weighted by molar-refractivity contribution is -0.121. The van der Waals surface area contributed by atoms with Gasteiger partial charge in [0, 0.05) is 30.0 Å². The van der Waals surface area contributed by atoms with Crippen LogP contribution >= 0.6 is 11.6 Å². The molecule has 1 unspecified atom stereocenters. The molecule has 0 fully saturated rings. The van der Waals surface area contributed by atoms with Crippen molar-refractivity contribution in [3.05, 3.63) is 35.2 Å². The van der Waals surface area contributed by atoms with Crippen molar-refractivity contribution in [3.8, 4) is 11.4 Å². The van der Waals surface area contributed by atoms with Crippen LogP contribution in [0.15, 0.2) is 28.8 Å². The van der Waals surface area contributed by atoms with Gasteiger partial charge in [0.05, 0.1) is 6.10 Å². The molecule has 0 aliphatic rings. The fraction of sp³-hybridized carbons (Fsp3) is 0.438. The topological polar surface area (TPSA) is 88.2 Å². The van der Waals surface area contributed by atoms with Crippen LogP contribution in [0, 0.1) is 0 Å². The number of hydrogen-bond acceptors (Lipinski definition) is 5. The van der Waals surface area contributed by atoms with Crippen molar-refractivity contribution in [3.63, 3.8) is 0 Å². The lowest BCUT2D eigenvalue weighted by Crippen LogP contribution is -2.26. The maximum Gasteiger partial charge on any atom is 0.226 e. The lowest BCUT2D eigenvalue weighted by Gasteiger charge is -2.05. The molecule has 2 rings (SSSR count). The van der Waals surface area contributed by atoms with Crippen LogP contribution in [0.4, 0.5) is 0 Å². The van der Waals surface area contributed by atoms with Crippen LogP contribution in [-0.2, 0) is 11.2 Å². The van der Waals surface area contributed by atoms with E-state index < -0.39 is 6.10 Å². The Kier molecular flexibility index (Phi) is 6.55. The Bertz CT molecular complexity index is 626. The number of nitrogens with zero attached hydrogens (tertiary/aromatic N) is 2. The zero-order valence-electron chi connectivity index (χ0n) is 13.0. The van der Waals surface area contributed by atoms with Gasteiger partial charge in [-0.1, -0.05) is 16.8 Å². The maximum atomic E-state index is 11.6. The quantitative estimate of drug-likeness (QED) is 0.773. The summed E-state index contributed by atoms with van der Waals surface area (Å²) < 4.78 is 5.18. The van der Waals surface area contributed by atoms with Gasteiger partial charge in [-0.15, -0.1) is 0 Å². The molecule has 7 heteroatoms. The SMILES string of the molecule is CC(O)CCNC(=O)CCCc1nc(-c2ccc(Cl)cc2)no1. The van der Waals surface area contributed by atoms with Crippen LogP contribution in [-0.4, -0.2) is 33.8 Å². The van der Waals surface area contributed by atoms with Gasteiger partial charge in [0.25, 0.3) is 0 Å².